The second kappa shape index (κ2) is 29.3. The Morgan fingerprint density at radius 1 is 0.422 bits per heavy atom. The Balaban J connectivity index is 1.02. The van der Waals surface area contributed by atoms with Gasteiger partial charge in [-0.25, -0.2) is 0 Å². The number of carbonyl (C=O) groups excluding carboxylic acids is 2. The maximum absolute atomic E-state index is 13.2. The Kier molecular flexibility index (Phi) is 24.1. The minimum absolute atomic E-state index is 0.215. The molecule has 0 aliphatic carbocycles. The number of aryl methyl sites for hydroxylation is 3. The first-order valence-electron chi connectivity index (χ1n) is 25.7. The van der Waals surface area contributed by atoms with E-state index in [1.54, 1.807) is 23.8 Å². The summed E-state index contributed by atoms with van der Waals surface area (Å²) >= 11 is 3.99. The predicted octanol–water partition coefficient (Wildman–Crippen LogP) is 16.8. The van der Waals surface area contributed by atoms with Crippen LogP contribution < -0.4 is 0 Å². The van der Waals surface area contributed by atoms with Crippen LogP contribution in [-0.2, 0) is 22.4 Å². The molecule has 2 nitrogen and oxygen atoms in total. The van der Waals surface area contributed by atoms with Crippen molar-refractivity contribution >= 4 is 95.4 Å². The number of allylic oxidation sites excluding steroid dienone is 3. The molecule has 0 saturated carbocycles. The molecule has 4 aromatic rings. The van der Waals surface area contributed by atoms with E-state index in [0.29, 0.717) is 14.5 Å². The summed E-state index contributed by atoms with van der Waals surface area (Å²) in [6.45, 7) is 8.91. The van der Waals surface area contributed by atoms with Crippen molar-refractivity contribution in [2.45, 2.75) is 220 Å². The van der Waals surface area contributed by atoms with Crippen molar-refractivity contribution in [1.29, 1.82) is 0 Å². The third-order valence-corrected chi connectivity index (χ3v) is 25.8. The van der Waals surface area contributed by atoms with Gasteiger partial charge in [-0.3, -0.25) is 0 Å². The number of hydrogen-bond acceptors (Lipinski definition) is 4. The summed E-state index contributed by atoms with van der Waals surface area (Å²) < 4.78 is 8.75. The van der Waals surface area contributed by atoms with Crippen molar-refractivity contribution in [3.8, 4) is 27.5 Å². The summed E-state index contributed by atoms with van der Waals surface area (Å²) in [6, 6.07) is 14.6. The molecule has 8 heteroatoms. The van der Waals surface area contributed by atoms with Gasteiger partial charge in [0.15, 0.2) is 0 Å². The van der Waals surface area contributed by atoms with Gasteiger partial charge in [-0.05, 0) is 0 Å². The Morgan fingerprint density at radius 3 is 1.25 bits per heavy atom. The second-order valence-corrected chi connectivity index (χ2v) is 30.0. The molecule has 0 saturated heterocycles. The molecule has 0 radical (unpaired) electrons. The van der Waals surface area contributed by atoms with Crippen LogP contribution in [0.5, 0.6) is 0 Å². The molecule has 0 fully saturated rings. The topological polar surface area (TPSA) is 34.1 Å². The number of unbranched alkanes of at least 4 members (excludes halogenated alkanes) is 26. The van der Waals surface area contributed by atoms with E-state index in [0.717, 1.165) is 26.5 Å². The van der Waals surface area contributed by atoms with E-state index in [2.05, 4.69) is 57.2 Å². The molecule has 350 valence electrons. The Bertz CT molecular complexity index is 2110. The standard InChI is InChI=1S/C56H78O2S2Se4/c1-5-7-9-11-13-15-17-19-21-23-25-27-29-31-33-43-39-41(3)59-52(43)48-37-35-46(62-48)47-36-38-49(63-47)53-44(34-32-30-28-26-24-22-20-18-16-14-12-10-8-6-2)40-45(60-53)54-51-50(55(57)64-54)42(4)61-56(51)58/h35-40H,5-34H2,1-4H3. The molecule has 6 heterocycles. The predicted molar refractivity (Wildman–Crippen MR) is 286 cm³/mol. The maximum atomic E-state index is 13.2. The van der Waals surface area contributed by atoms with Crippen LogP contribution in [0.3, 0.4) is 0 Å². The molecule has 6 rings (SSSR count). The van der Waals surface area contributed by atoms with E-state index in [1.807, 2.05) is 29.6 Å². The second-order valence-electron chi connectivity index (χ2n) is 18.6. The zero-order valence-electron chi connectivity index (χ0n) is 39.9. The molecule has 2 aliphatic heterocycles. The number of thiophene rings is 2. The van der Waals surface area contributed by atoms with Crippen molar-refractivity contribution in [2.24, 2.45) is 0 Å². The normalized spacial score (nSPS) is 14.1. The molecule has 0 aromatic carbocycles. The van der Waals surface area contributed by atoms with E-state index in [4.69, 9.17) is 0 Å². The summed E-state index contributed by atoms with van der Waals surface area (Å²) in [5.74, 6) is 0. The van der Waals surface area contributed by atoms with Crippen LogP contribution in [0, 0.1) is 6.92 Å². The molecule has 0 amide bonds. The average molecular weight is 1160 g/mol. The average Bonchev–Trinajstić information content (AvgIpc) is 4.15. The van der Waals surface area contributed by atoms with Gasteiger partial charge in [-0.15, -0.1) is 0 Å². The van der Waals surface area contributed by atoms with Crippen LogP contribution in [0.15, 0.2) is 52.0 Å². The SMILES string of the molecule is CCCCCCCCCCCCCCCCc1cc(C)sc1-c1ccc(-c2ccc(-c3sc(C4=C5C(=O)[Se]C(C)=C5C(=O)[Se]4)cc3CCCCCCCCCCCCCCCC)[se]2)[se]1. The van der Waals surface area contributed by atoms with Gasteiger partial charge in [0.25, 0.3) is 0 Å². The first-order valence-corrected chi connectivity index (χ1v) is 34.2. The zero-order chi connectivity index (χ0) is 44.9. The van der Waals surface area contributed by atoms with Gasteiger partial charge in [0, 0.05) is 0 Å². The van der Waals surface area contributed by atoms with Crippen molar-refractivity contribution < 1.29 is 9.59 Å². The first kappa shape index (κ1) is 52.6. The third-order valence-electron chi connectivity index (χ3n) is 13.1. The molecule has 2 aliphatic rings. The Labute approximate surface area is 421 Å². The summed E-state index contributed by atoms with van der Waals surface area (Å²) in [5.41, 5.74) is 4.63. The third kappa shape index (κ3) is 16.2. The fraction of sp³-hybridized carbons (Fsp3) is 0.607. The van der Waals surface area contributed by atoms with Crippen LogP contribution in [0.2, 0.25) is 0 Å². The van der Waals surface area contributed by atoms with E-state index < -0.39 is 0 Å². The summed E-state index contributed by atoms with van der Waals surface area (Å²) in [6.07, 6.45) is 41.3. The summed E-state index contributed by atoms with van der Waals surface area (Å²) in [4.78, 5) is 32.1. The quantitative estimate of drug-likeness (QED) is 0.0345. The minimum atomic E-state index is -0.296. The van der Waals surface area contributed by atoms with Crippen LogP contribution in [0.1, 0.15) is 221 Å². The fourth-order valence-electron chi connectivity index (χ4n) is 9.44. The van der Waals surface area contributed by atoms with Crippen LogP contribution in [0.25, 0.3) is 32.0 Å². The first-order chi connectivity index (χ1) is 31.4. The van der Waals surface area contributed by atoms with Gasteiger partial charge in [-0.2, -0.15) is 0 Å². The van der Waals surface area contributed by atoms with Crippen molar-refractivity contribution in [1.82, 2.24) is 0 Å². The van der Waals surface area contributed by atoms with Gasteiger partial charge >= 0.3 is 335 Å². The monoisotopic (exact) mass is 1170 g/mol. The molecule has 0 bridgehead atoms. The molecule has 64 heavy (non-hydrogen) atoms. The van der Waals surface area contributed by atoms with Gasteiger partial charge < -0.3 is 0 Å². The van der Waals surface area contributed by atoms with E-state index >= 15 is 0 Å². The van der Waals surface area contributed by atoms with E-state index in [9.17, 15) is 9.59 Å². The van der Waals surface area contributed by atoms with Crippen LogP contribution >= 0.6 is 22.7 Å². The summed E-state index contributed by atoms with van der Waals surface area (Å²) in [7, 11) is 0. The Morgan fingerprint density at radius 2 is 0.797 bits per heavy atom. The number of carbonyl (C=O) groups is 2. The molecule has 0 spiro atoms. The molecule has 4 aromatic heterocycles. The molecule has 0 atom stereocenters. The molecule has 0 N–H and O–H groups in total. The van der Waals surface area contributed by atoms with E-state index in [1.165, 1.54) is 211 Å². The molecular weight excluding hydrogens is 1080 g/mol. The van der Waals surface area contributed by atoms with Crippen LogP contribution in [-0.4, -0.2) is 68.3 Å². The van der Waals surface area contributed by atoms with Gasteiger partial charge in [0.05, 0.1) is 0 Å². The van der Waals surface area contributed by atoms with Crippen LogP contribution in [0.4, 0.5) is 0 Å². The number of rotatable bonds is 34. The van der Waals surface area contributed by atoms with Crippen molar-refractivity contribution in [2.75, 3.05) is 0 Å². The van der Waals surface area contributed by atoms with Crippen molar-refractivity contribution in [3.05, 3.63) is 72.9 Å². The fourth-order valence-corrected chi connectivity index (χ4v) is 22.2. The number of hydrogen-bond donors (Lipinski definition) is 0. The number of fused-ring (bicyclic) bond motifs is 1. The summed E-state index contributed by atoms with van der Waals surface area (Å²) in [5, 5.41) is 0. The molecule has 0 unspecified atom stereocenters. The van der Waals surface area contributed by atoms with Crippen molar-refractivity contribution in [3.63, 3.8) is 0 Å². The Hall–Kier alpha value is -0.742. The van der Waals surface area contributed by atoms with E-state index in [-0.39, 0.29) is 53.8 Å². The van der Waals surface area contributed by atoms with Gasteiger partial charge in [0.2, 0.25) is 0 Å². The molecular formula is C56H78O2S2Se4. The zero-order valence-corrected chi connectivity index (χ0v) is 48.4. The van der Waals surface area contributed by atoms with Gasteiger partial charge in [0.1, 0.15) is 0 Å². The van der Waals surface area contributed by atoms with Gasteiger partial charge in [-0.1, -0.05) is 90.9 Å².